The predicted octanol–water partition coefficient (Wildman–Crippen LogP) is 3.85. The molecule has 0 spiro atoms. The molecule has 1 fully saturated rings. The van der Waals surface area contributed by atoms with Gasteiger partial charge in [0, 0.05) is 35.4 Å². The maximum Gasteiger partial charge on any atom is 0.295 e. The van der Waals surface area contributed by atoms with Gasteiger partial charge in [-0.2, -0.15) is 5.10 Å². The number of para-hydroxylation sites is 1. The van der Waals surface area contributed by atoms with Crippen LogP contribution >= 0.6 is 0 Å². The number of carbonyl (C=O) groups excluding carboxylic acids is 2. The SMILES string of the molecule is Cc1[nH]c2ccccc2c1C(=O)C(=O)N(Cc1nn(C)c2c1CCC2)C1CCCC1. The van der Waals surface area contributed by atoms with Crippen molar-refractivity contribution in [3.05, 3.63) is 52.5 Å². The number of hydrogen-bond acceptors (Lipinski definition) is 3. The Morgan fingerprint density at radius 1 is 1.17 bits per heavy atom. The molecule has 0 bridgehead atoms. The first-order valence-corrected chi connectivity index (χ1v) is 11.0. The van der Waals surface area contributed by atoms with E-state index in [4.69, 9.17) is 5.10 Å². The third-order valence-corrected chi connectivity index (χ3v) is 6.86. The molecule has 0 atom stereocenters. The van der Waals surface area contributed by atoms with E-state index in [1.54, 1.807) is 0 Å². The highest BCUT2D eigenvalue weighted by Crippen LogP contribution is 2.30. The zero-order valence-electron chi connectivity index (χ0n) is 17.7. The van der Waals surface area contributed by atoms with E-state index in [1.165, 1.54) is 11.3 Å². The highest BCUT2D eigenvalue weighted by atomic mass is 16.2. The summed E-state index contributed by atoms with van der Waals surface area (Å²) in [6.07, 6.45) is 7.33. The molecule has 1 aromatic carbocycles. The van der Waals surface area contributed by atoms with Crippen molar-refractivity contribution >= 4 is 22.6 Å². The van der Waals surface area contributed by atoms with Crippen molar-refractivity contribution in [1.29, 1.82) is 0 Å². The molecular formula is C24H28N4O2. The van der Waals surface area contributed by atoms with E-state index >= 15 is 0 Å². The molecule has 0 saturated heterocycles. The lowest BCUT2D eigenvalue weighted by Crippen LogP contribution is -2.42. The minimum Gasteiger partial charge on any atom is -0.358 e. The van der Waals surface area contributed by atoms with Gasteiger partial charge in [-0.3, -0.25) is 14.3 Å². The van der Waals surface area contributed by atoms with Crippen molar-refractivity contribution in [1.82, 2.24) is 19.7 Å². The van der Waals surface area contributed by atoms with Gasteiger partial charge in [0.1, 0.15) is 0 Å². The summed E-state index contributed by atoms with van der Waals surface area (Å²) >= 11 is 0. The summed E-state index contributed by atoms with van der Waals surface area (Å²) in [7, 11) is 1.98. The first-order valence-electron chi connectivity index (χ1n) is 11.0. The summed E-state index contributed by atoms with van der Waals surface area (Å²) in [5.41, 5.74) is 5.67. The minimum atomic E-state index is -0.413. The molecule has 156 valence electrons. The molecule has 3 aromatic rings. The number of amides is 1. The van der Waals surface area contributed by atoms with Gasteiger partial charge in [-0.1, -0.05) is 31.0 Å². The Hall–Kier alpha value is -2.89. The normalized spacial score (nSPS) is 16.3. The van der Waals surface area contributed by atoms with Crippen molar-refractivity contribution in [2.75, 3.05) is 0 Å². The van der Waals surface area contributed by atoms with Crippen LogP contribution in [0.4, 0.5) is 0 Å². The highest BCUT2D eigenvalue weighted by Gasteiger charge is 2.34. The Balaban J connectivity index is 1.50. The first-order chi connectivity index (χ1) is 14.5. The molecule has 0 aliphatic heterocycles. The van der Waals surface area contributed by atoms with Crippen LogP contribution in [0.25, 0.3) is 10.9 Å². The van der Waals surface area contributed by atoms with Gasteiger partial charge in [-0.25, -0.2) is 0 Å². The van der Waals surface area contributed by atoms with E-state index in [-0.39, 0.29) is 6.04 Å². The molecule has 1 saturated carbocycles. The molecule has 1 amide bonds. The second-order valence-electron chi connectivity index (χ2n) is 8.72. The van der Waals surface area contributed by atoms with Crippen LogP contribution < -0.4 is 0 Å². The molecule has 1 N–H and O–H groups in total. The van der Waals surface area contributed by atoms with Gasteiger partial charge < -0.3 is 9.88 Å². The zero-order chi connectivity index (χ0) is 20.8. The van der Waals surface area contributed by atoms with Gasteiger partial charge in [-0.15, -0.1) is 0 Å². The van der Waals surface area contributed by atoms with Gasteiger partial charge in [0.25, 0.3) is 11.7 Å². The summed E-state index contributed by atoms with van der Waals surface area (Å²) in [4.78, 5) is 32.1. The van der Waals surface area contributed by atoms with Gasteiger partial charge in [0.2, 0.25) is 0 Å². The van der Waals surface area contributed by atoms with Crippen LogP contribution in [0, 0.1) is 6.92 Å². The average molecular weight is 405 g/mol. The Labute approximate surface area is 176 Å². The van der Waals surface area contributed by atoms with Crippen LogP contribution in [0.1, 0.15) is 65.1 Å². The zero-order valence-corrected chi connectivity index (χ0v) is 17.7. The fraction of sp³-hybridized carbons (Fsp3) is 0.458. The van der Waals surface area contributed by atoms with Crippen LogP contribution in [0.2, 0.25) is 0 Å². The number of H-pyrrole nitrogens is 1. The lowest BCUT2D eigenvalue weighted by molar-refractivity contribution is -0.129. The number of fused-ring (bicyclic) bond motifs is 2. The molecule has 6 heteroatoms. The van der Waals surface area contributed by atoms with Gasteiger partial charge in [-0.05, 0) is 50.7 Å². The van der Waals surface area contributed by atoms with E-state index in [2.05, 4.69) is 4.98 Å². The molecular weight excluding hydrogens is 376 g/mol. The number of benzene rings is 1. The highest BCUT2D eigenvalue weighted by molar-refractivity contribution is 6.45. The van der Waals surface area contributed by atoms with E-state index in [9.17, 15) is 9.59 Å². The van der Waals surface area contributed by atoms with Crippen molar-refractivity contribution in [3.63, 3.8) is 0 Å². The molecule has 2 aromatic heterocycles. The van der Waals surface area contributed by atoms with Gasteiger partial charge in [0.05, 0.1) is 17.8 Å². The van der Waals surface area contributed by atoms with Crippen LogP contribution in [-0.2, 0) is 31.2 Å². The molecule has 0 radical (unpaired) electrons. The first kappa shape index (κ1) is 19.1. The fourth-order valence-corrected chi connectivity index (χ4v) is 5.38. The number of aromatic amines is 1. The topological polar surface area (TPSA) is 71.0 Å². The number of nitrogens with zero attached hydrogens (tertiary/aromatic N) is 3. The maximum atomic E-state index is 13.6. The van der Waals surface area contributed by atoms with Crippen molar-refractivity contribution < 1.29 is 9.59 Å². The summed E-state index contributed by atoms with van der Waals surface area (Å²) in [6, 6.07) is 7.80. The summed E-state index contributed by atoms with van der Waals surface area (Å²) in [5.74, 6) is -0.809. The lowest BCUT2D eigenvalue weighted by Gasteiger charge is -2.28. The molecule has 30 heavy (non-hydrogen) atoms. The molecule has 5 rings (SSSR count). The predicted molar refractivity (Wildman–Crippen MR) is 115 cm³/mol. The van der Waals surface area contributed by atoms with E-state index < -0.39 is 11.7 Å². The molecule has 0 unspecified atom stereocenters. The van der Waals surface area contributed by atoms with E-state index in [0.717, 1.165) is 67.2 Å². The molecule has 2 aliphatic rings. The number of aromatic nitrogens is 3. The smallest absolute Gasteiger partial charge is 0.295 e. The van der Waals surface area contributed by atoms with E-state index in [1.807, 2.05) is 47.8 Å². The standard InChI is InChI=1S/C24H28N4O2/c1-15-22(18-10-5-6-12-19(18)25-15)23(29)24(30)28(16-8-3-4-9-16)14-20-17-11-7-13-21(17)27(2)26-20/h5-6,10,12,16,25H,3-4,7-9,11,13-14H2,1-2H3. The Morgan fingerprint density at radius 3 is 2.73 bits per heavy atom. The number of rotatable bonds is 5. The minimum absolute atomic E-state index is 0.117. The second-order valence-corrected chi connectivity index (χ2v) is 8.72. The number of Topliss-reactive ketones (excluding diaryl/α,β-unsaturated/α-hetero) is 1. The number of aryl methyl sites for hydroxylation is 2. The number of ketones is 1. The summed E-state index contributed by atoms with van der Waals surface area (Å²) < 4.78 is 1.96. The van der Waals surface area contributed by atoms with Crippen molar-refractivity contribution in [2.45, 2.75) is 64.5 Å². The summed E-state index contributed by atoms with van der Waals surface area (Å²) in [6.45, 7) is 2.30. The number of hydrogen-bond donors (Lipinski definition) is 1. The van der Waals surface area contributed by atoms with Crippen LogP contribution in [0.3, 0.4) is 0 Å². The average Bonchev–Trinajstić information content (AvgIpc) is 3.51. The van der Waals surface area contributed by atoms with Crippen molar-refractivity contribution in [3.8, 4) is 0 Å². The number of carbonyl (C=O) groups is 2. The number of nitrogens with one attached hydrogen (secondary N) is 1. The van der Waals surface area contributed by atoms with E-state index in [0.29, 0.717) is 12.1 Å². The molecule has 6 nitrogen and oxygen atoms in total. The van der Waals surface area contributed by atoms with Crippen LogP contribution in [-0.4, -0.2) is 37.4 Å². The van der Waals surface area contributed by atoms with Crippen molar-refractivity contribution in [2.24, 2.45) is 7.05 Å². The third-order valence-electron chi connectivity index (χ3n) is 6.86. The largest absolute Gasteiger partial charge is 0.358 e. The van der Waals surface area contributed by atoms with Crippen LogP contribution in [0.5, 0.6) is 0 Å². The maximum absolute atomic E-state index is 13.6. The monoisotopic (exact) mass is 404 g/mol. The van der Waals surface area contributed by atoms with Crippen LogP contribution in [0.15, 0.2) is 24.3 Å². The van der Waals surface area contributed by atoms with Gasteiger partial charge >= 0.3 is 0 Å². The Bertz CT molecular complexity index is 1130. The quantitative estimate of drug-likeness (QED) is 0.519. The Kier molecular flexibility index (Phi) is 4.72. The lowest BCUT2D eigenvalue weighted by atomic mass is 10.0. The molecule has 2 aliphatic carbocycles. The molecule has 2 heterocycles. The van der Waals surface area contributed by atoms with Gasteiger partial charge in [0.15, 0.2) is 0 Å². The third kappa shape index (κ3) is 3.06. The fourth-order valence-electron chi connectivity index (χ4n) is 5.38. The Morgan fingerprint density at radius 2 is 1.93 bits per heavy atom. The second kappa shape index (κ2) is 7.42. The summed E-state index contributed by atoms with van der Waals surface area (Å²) in [5, 5.41) is 5.54.